The minimum atomic E-state index is -4.63. The molecule has 3 aromatic rings. The smallest absolute Gasteiger partial charge is 0.419 e. The molecule has 0 spiro atoms. The van der Waals surface area contributed by atoms with Crippen LogP contribution < -0.4 is 19.9 Å². The lowest BCUT2D eigenvalue weighted by Crippen LogP contribution is -2.35. The van der Waals surface area contributed by atoms with Gasteiger partial charge in [-0.15, -0.1) is 12.4 Å². The first kappa shape index (κ1) is 27.4. The van der Waals surface area contributed by atoms with Gasteiger partial charge in [0.15, 0.2) is 17.5 Å². The maximum Gasteiger partial charge on any atom is 0.419 e. The molecular formula is C25H27ClF3N5O4. The molecule has 9 nitrogen and oxygen atoms in total. The summed E-state index contributed by atoms with van der Waals surface area (Å²) in [6.07, 6.45) is -2.05. The number of aromatic nitrogens is 2. The molecule has 1 atom stereocenters. The molecule has 0 radical (unpaired) electrons. The van der Waals surface area contributed by atoms with Crippen LogP contribution in [0.1, 0.15) is 42.3 Å². The highest BCUT2D eigenvalue weighted by atomic mass is 35.5. The van der Waals surface area contributed by atoms with Crippen LogP contribution in [-0.2, 0) is 12.6 Å². The zero-order chi connectivity index (χ0) is 26.0. The topological polar surface area (TPSA) is 120 Å². The van der Waals surface area contributed by atoms with Gasteiger partial charge in [-0.25, -0.2) is 0 Å². The van der Waals surface area contributed by atoms with Crippen molar-refractivity contribution >= 4 is 18.4 Å². The Morgan fingerprint density at radius 3 is 2.68 bits per heavy atom. The van der Waals surface area contributed by atoms with Gasteiger partial charge in [0.2, 0.25) is 11.7 Å². The van der Waals surface area contributed by atoms with E-state index in [1.165, 1.54) is 12.1 Å². The van der Waals surface area contributed by atoms with Gasteiger partial charge >= 0.3 is 6.18 Å². The molecule has 13 heteroatoms. The van der Waals surface area contributed by atoms with Crippen LogP contribution in [0, 0.1) is 5.41 Å². The van der Waals surface area contributed by atoms with Gasteiger partial charge in [0.05, 0.1) is 12.2 Å². The molecule has 1 aromatic heterocycles. The predicted octanol–water partition coefficient (Wildman–Crippen LogP) is 4.99. The largest absolute Gasteiger partial charge is 0.493 e. The van der Waals surface area contributed by atoms with E-state index in [9.17, 15) is 13.2 Å². The van der Waals surface area contributed by atoms with Crippen LogP contribution in [0.5, 0.6) is 17.2 Å². The fourth-order valence-corrected chi connectivity index (χ4v) is 4.52. The van der Waals surface area contributed by atoms with E-state index in [4.69, 9.17) is 29.9 Å². The highest BCUT2D eigenvalue weighted by Gasteiger charge is 2.36. The monoisotopic (exact) mass is 553 g/mol. The zero-order valence-corrected chi connectivity index (χ0v) is 21.1. The zero-order valence-electron chi connectivity index (χ0n) is 20.3. The number of rotatable bonds is 7. The molecule has 2 aliphatic heterocycles. The number of hydrogen-bond donors (Lipinski definition) is 2. The Balaban J connectivity index is 0.00000336. The van der Waals surface area contributed by atoms with Crippen LogP contribution in [0.25, 0.3) is 11.4 Å². The number of fused-ring (bicyclic) bond motifs is 1. The summed E-state index contributed by atoms with van der Waals surface area (Å²) in [6, 6.07) is 8.96. The van der Waals surface area contributed by atoms with Crippen molar-refractivity contribution < 1.29 is 31.9 Å². The lowest BCUT2D eigenvalue weighted by molar-refractivity contribution is -0.138. The van der Waals surface area contributed by atoms with Crippen molar-refractivity contribution in [1.29, 1.82) is 5.41 Å². The van der Waals surface area contributed by atoms with E-state index in [1.807, 2.05) is 18.2 Å². The fraction of sp³-hybridized carbons (Fsp3) is 0.400. The number of nitrogens with one attached hydrogen (secondary N) is 1. The van der Waals surface area contributed by atoms with Crippen LogP contribution in [0.4, 0.5) is 13.2 Å². The summed E-state index contributed by atoms with van der Waals surface area (Å²) < 4.78 is 63.5. The van der Waals surface area contributed by atoms with E-state index in [1.54, 1.807) is 4.90 Å². The Morgan fingerprint density at radius 1 is 1.13 bits per heavy atom. The fourth-order valence-electron chi connectivity index (χ4n) is 4.52. The predicted molar refractivity (Wildman–Crippen MR) is 134 cm³/mol. The first-order valence-corrected chi connectivity index (χ1v) is 12.0. The number of likely N-dealkylation sites (tertiary alicyclic amines) is 1. The van der Waals surface area contributed by atoms with Gasteiger partial charge < -0.3 is 29.4 Å². The average Bonchev–Trinajstić information content (AvgIpc) is 3.56. The number of nitrogens with two attached hydrogens (primary N) is 1. The van der Waals surface area contributed by atoms with Crippen LogP contribution in [0.15, 0.2) is 40.9 Å². The van der Waals surface area contributed by atoms with E-state index >= 15 is 0 Å². The molecule has 2 aromatic carbocycles. The molecule has 0 saturated carbocycles. The molecule has 3 N–H and O–H groups in total. The molecule has 2 aliphatic rings. The number of ether oxygens (including phenoxy) is 3. The summed E-state index contributed by atoms with van der Waals surface area (Å²) in [5.41, 5.74) is 5.83. The molecule has 1 fully saturated rings. The third-order valence-corrected chi connectivity index (χ3v) is 6.31. The molecule has 5 rings (SSSR count). The first-order chi connectivity index (χ1) is 17.8. The Kier molecular flexibility index (Phi) is 8.20. The third-order valence-electron chi connectivity index (χ3n) is 6.31. The van der Waals surface area contributed by atoms with Crippen molar-refractivity contribution in [2.24, 2.45) is 5.73 Å². The highest BCUT2D eigenvalue weighted by Crippen LogP contribution is 2.39. The second-order valence-corrected chi connectivity index (χ2v) is 8.83. The van der Waals surface area contributed by atoms with Crippen molar-refractivity contribution in [2.75, 3.05) is 26.4 Å². The van der Waals surface area contributed by atoms with Crippen LogP contribution in [-0.4, -0.2) is 47.4 Å². The average molecular weight is 554 g/mol. The van der Waals surface area contributed by atoms with E-state index in [0.29, 0.717) is 50.5 Å². The number of nitrogens with zero attached hydrogens (tertiary/aromatic N) is 3. The van der Waals surface area contributed by atoms with Crippen molar-refractivity contribution in [3.63, 3.8) is 0 Å². The second kappa shape index (κ2) is 11.4. The summed E-state index contributed by atoms with van der Waals surface area (Å²) in [6.45, 7) is 1.67. The summed E-state index contributed by atoms with van der Waals surface area (Å²) in [5, 5.41) is 11.5. The van der Waals surface area contributed by atoms with Crippen LogP contribution in [0.3, 0.4) is 0 Å². The summed E-state index contributed by atoms with van der Waals surface area (Å²) in [5.74, 6) is 1.23. The maximum absolute atomic E-state index is 13.9. The standard InChI is InChI=1S/C25H26F3N5O4.ClH/c26-25(27,28)17-14-16(22-31-23(37-32-22)18-4-1-9-33(18)24(29)30)6-8-19(17)34-10-2-3-15-5-7-20-21(13-15)36-12-11-35-20;/h5-8,13-14,18H,1-4,9-12H2,(H3,29,30);1H/t18-;/m0./s1. The number of halogens is 4. The van der Waals surface area contributed by atoms with E-state index < -0.39 is 11.7 Å². The van der Waals surface area contributed by atoms with E-state index in [0.717, 1.165) is 18.1 Å². The minimum absolute atomic E-state index is 0. The van der Waals surface area contributed by atoms with Crippen molar-refractivity contribution in [3.8, 4) is 28.6 Å². The number of hydrogen-bond acceptors (Lipinski definition) is 7. The molecule has 1 saturated heterocycles. The van der Waals surface area contributed by atoms with Crippen LogP contribution >= 0.6 is 12.4 Å². The van der Waals surface area contributed by atoms with Crippen molar-refractivity contribution in [2.45, 2.75) is 37.9 Å². The first-order valence-electron chi connectivity index (χ1n) is 12.0. The molecule has 0 bridgehead atoms. The second-order valence-electron chi connectivity index (χ2n) is 8.83. The minimum Gasteiger partial charge on any atom is -0.493 e. The Hall–Kier alpha value is -3.67. The van der Waals surface area contributed by atoms with Gasteiger partial charge in [0.25, 0.3) is 0 Å². The molecular weight excluding hydrogens is 527 g/mol. The number of alkyl halides is 3. The van der Waals surface area contributed by atoms with Crippen molar-refractivity contribution in [3.05, 3.63) is 53.4 Å². The number of benzene rings is 2. The lowest BCUT2D eigenvalue weighted by Gasteiger charge is -2.21. The van der Waals surface area contributed by atoms with Gasteiger partial charge in [0, 0.05) is 12.1 Å². The Morgan fingerprint density at radius 2 is 1.92 bits per heavy atom. The van der Waals surface area contributed by atoms with Crippen molar-refractivity contribution in [1.82, 2.24) is 15.0 Å². The number of aryl methyl sites for hydroxylation is 1. The van der Waals surface area contributed by atoms with E-state index in [2.05, 4.69) is 10.1 Å². The molecule has 0 unspecified atom stereocenters. The van der Waals surface area contributed by atoms with Gasteiger partial charge in [-0.3, -0.25) is 5.41 Å². The van der Waals surface area contributed by atoms with Gasteiger partial charge in [-0.2, -0.15) is 18.2 Å². The number of guanidine groups is 1. The van der Waals surface area contributed by atoms with Gasteiger partial charge in [-0.05, 0) is 61.6 Å². The highest BCUT2D eigenvalue weighted by molar-refractivity contribution is 5.85. The van der Waals surface area contributed by atoms with Gasteiger partial charge in [-0.1, -0.05) is 11.2 Å². The molecule has 3 heterocycles. The molecule has 0 amide bonds. The van der Waals surface area contributed by atoms with Crippen LogP contribution in [0.2, 0.25) is 0 Å². The van der Waals surface area contributed by atoms with E-state index in [-0.39, 0.29) is 54.0 Å². The third kappa shape index (κ3) is 5.90. The van der Waals surface area contributed by atoms with Gasteiger partial charge in [0.1, 0.15) is 25.0 Å². The normalized spacial score (nSPS) is 16.7. The molecule has 204 valence electrons. The lowest BCUT2D eigenvalue weighted by atomic mass is 10.1. The SMILES string of the molecule is Cl.N=C(N)N1CCC[C@H]1c1nc(-c2ccc(OCCCc3ccc4c(c3)OCCO4)c(C(F)(F)F)c2)no1. The Labute approximate surface area is 223 Å². The summed E-state index contributed by atoms with van der Waals surface area (Å²) in [4.78, 5) is 5.91. The maximum atomic E-state index is 13.9. The molecule has 38 heavy (non-hydrogen) atoms. The summed E-state index contributed by atoms with van der Waals surface area (Å²) in [7, 11) is 0. The summed E-state index contributed by atoms with van der Waals surface area (Å²) >= 11 is 0. The molecule has 0 aliphatic carbocycles. The quantitative estimate of drug-likeness (QED) is 0.238. The Bertz CT molecular complexity index is 1290.